The molecular weight excluding hydrogens is 214 g/mol. The van der Waals surface area contributed by atoms with Crippen molar-refractivity contribution < 1.29 is 0 Å². The number of nitrogens with zero attached hydrogens (tertiary/aromatic N) is 4. The zero-order valence-corrected chi connectivity index (χ0v) is 10.6. The van der Waals surface area contributed by atoms with E-state index in [1.807, 2.05) is 18.4 Å². The molecule has 0 radical (unpaired) electrons. The summed E-state index contributed by atoms with van der Waals surface area (Å²) in [7, 11) is 0. The van der Waals surface area contributed by atoms with Crippen LogP contribution in [0.15, 0.2) is 12.7 Å². The van der Waals surface area contributed by atoms with Crippen molar-refractivity contribution in [1.29, 1.82) is 0 Å². The lowest BCUT2D eigenvalue weighted by atomic mass is 10.0. The second kappa shape index (κ2) is 4.16. The summed E-state index contributed by atoms with van der Waals surface area (Å²) in [5.74, 6) is 1.63. The molecule has 2 N–H and O–H groups in total. The maximum atomic E-state index is 5.93. The van der Waals surface area contributed by atoms with Gasteiger partial charge in [0, 0.05) is 11.3 Å². The van der Waals surface area contributed by atoms with Crippen molar-refractivity contribution in [1.82, 2.24) is 19.5 Å². The summed E-state index contributed by atoms with van der Waals surface area (Å²) in [5.41, 5.74) is 8.97. The molecule has 0 aliphatic carbocycles. The van der Waals surface area contributed by atoms with Crippen molar-refractivity contribution in [2.45, 2.75) is 33.6 Å². The molecule has 0 aliphatic heterocycles. The number of hydrogen-bond donors (Lipinski definition) is 1. The van der Waals surface area contributed by atoms with Crippen LogP contribution in [0.4, 0.5) is 5.82 Å². The van der Waals surface area contributed by atoms with Crippen LogP contribution in [0.25, 0.3) is 5.82 Å². The van der Waals surface area contributed by atoms with E-state index in [1.54, 1.807) is 6.33 Å². The van der Waals surface area contributed by atoms with Crippen LogP contribution in [-0.2, 0) is 0 Å². The van der Waals surface area contributed by atoms with E-state index in [0.717, 1.165) is 22.8 Å². The van der Waals surface area contributed by atoms with Crippen molar-refractivity contribution in [3.63, 3.8) is 0 Å². The molecule has 0 spiro atoms. The molecule has 0 atom stereocenters. The Morgan fingerprint density at radius 2 is 1.88 bits per heavy atom. The Labute approximate surface area is 101 Å². The maximum absolute atomic E-state index is 5.93. The Morgan fingerprint density at radius 3 is 2.41 bits per heavy atom. The molecule has 0 saturated heterocycles. The Hall–Kier alpha value is -1.91. The van der Waals surface area contributed by atoms with Crippen molar-refractivity contribution >= 4 is 5.82 Å². The summed E-state index contributed by atoms with van der Waals surface area (Å²) in [6.07, 6.45) is 3.27. The van der Waals surface area contributed by atoms with Gasteiger partial charge < -0.3 is 5.73 Å². The number of rotatable bonds is 2. The van der Waals surface area contributed by atoms with Gasteiger partial charge in [-0.05, 0) is 19.8 Å². The summed E-state index contributed by atoms with van der Waals surface area (Å²) < 4.78 is 1.96. The second-order valence-electron chi connectivity index (χ2n) is 4.44. The number of anilines is 1. The van der Waals surface area contributed by atoms with Gasteiger partial charge in [0.05, 0.1) is 5.69 Å². The van der Waals surface area contributed by atoms with Crippen LogP contribution >= 0.6 is 0 Å². The summed E-state index contributed by atoms with van der Waals surface area (Å²) in [6.45, 7) is 8.16. The van der Waals surface area contributed by atoms with Gasteiger partial charge >= 0.3 is 0 Å². The smallest absolute Gasteiger partial charge is 0.147 e. The van der Waals surface area contributed by atoms with E-state index in [4.69, 9.17) is 5.73 Å². The van der Waals surface area contributed by atoms with E-state index in [1.165, 1.54) is 6.33 Å². The van der Waals surface area contributed by atoms with E-state index in [-0.39, 0.29) is 5.92 Å². The first-order chi connectivity index (χ1) is 8.02. The highest BCUT2D eigenvalue weighted by molar-refractivity contribution is 5.51. The predicted octanol–water partition coefficient (Wildman–Crippen LogP) is 1.98. The summed E-state index contributed by atoms with van der Waals surface area (Å²) >= 11 is 0. The maximum Gasteiger partial charge on any atom is 0.147 e. The summed E-state index contributed by atoms with van der Waals surface area (Å²) in [4.78, 5) is 12.7. The van der Waals surface area contributed by atoms with Crippen molar-refractivity contribution in [2.24, 2.45) is 0 Å². The quantitative estimate of drug-likeness (QED) is 0.858. The van der Waals surface area contributed by atoms with E-state index in [2.05, 4.69) is 28.8 Å². The Balaban J connectivity index is 2.67. The van der Waals surface area contributed by atoms with Gasteiger partial charge in [-0.3, -0.25) is 4.57 Å². The monoisotopic (exact) mass is 231 g/mol. The Morgan fingerprint density at radius 1 is 1.18 bits per heavy atom. The topological polar surface area (TPSA) is 69.6 Å². The molecule has 0 bridgehead atoms. The molecule has 5 heteroatoms. The standard InChI is InChI=1S/C12H17N5/c1-7(2)10-11(13)14-5-15-12(10)17-6-16-8(3)9(17)4/h5-7H,1-4H3,(H2,13,14,15). The molecule has 2 rings (SSSR count). The van der Waals surface area contributed by atoms with Crippen molar-refractivity contribution in [2.75, 3.05) is 5.73 Å². The number of imidazole rings is 1. The van der Waals surface area contributed by atoms with Gasteiger partial charge in [-0.2, -0.15) is 0 Å². The highest BCUT2D eigenvalue weighted by atomic mass is 15.1. The second-order valence-corrected chi connectivity index (χ2v) is 4.44. The average Bonchev–Trinajstić information content (AvgIpc) is 2.59. The van der Waals surface area contributed by atoms with Gasteiger partial charge in [0.2, 0.25) is 0 Å². The fraction of sp³-hybridized carbons (Fsp3) is 0.417. The molecule has 2 aromatic heterocycles. The number of nitrogen functional groups attached to an aromatic ring is 1. The van der Waals surface area contributed by atoms with Crippen molar-refractivity contribution in [3.05, 3.63) is 29.6 Å². The highest BCUT2D eigenvalue weighted by Gasteiger charge is 2.16. The molecule has 0 aromatic carbocycles. The number of hydrogen-bond acceptors (Lipinski definition) is 4. The van der Waals surface area contributed by atoms with Gasteiger partial charge in [0.1, 0.15) is 24.3 Å². The van der Waals surface area contributed by atoms with Gasteiger partial charge in [0.25, 0.3) is 0 Å². The summed E-state index contributed by atoms with van der Waals surface area (Å²) in [6, 6.07) is 0. The molecule has 5 nitrogen and oxygen atoms in total. The van der Waals surface area contributed by atoms with Gasteiger partial charge in [-0.1, -0.05) is 13.8 Å². The fourth-order valence-electron chi connectivity index (χ4n) is 1.86. The van der Waals surface area contributed by atoms with Crippen LogP contribution in [0.1, 0.15) is 36.7 Å². The molecule has 0 fully saturated rings. The molecule has 0 unspecified atom stereocenters. The molecule has 90 valence electrons. The van der Waals surface area contributed by atoms with E-state index in [9.17, 15) is 0 Å². The van der Waals surface area contributed by atoms with Gasteiger partial charge in [0.15, 0.2) is 0 Å². The molecule has 2 aromatic rings. The van der Waals surface area contributed by atoms with Gasteiger partial charge in [-0.25, -0.2) is 15.0 Å². The minimum absolute atomic E-state index is 0.272. The Bertz CT molecular complexity index is 542. The van der Waals surface area contributed by atoms with Gasteiger partial charge in [-0.15, -0.1) is 0 Å². The van der Waals surface area contributed by atoms with Crippen LogP contribution in [0.3, 0.4) is 0 Å². The van der Waals surface area contributed by atoms with Crippen LogP contribution in [0.2, 0.25) is 0 Å². The first-order valence-corrected chi connectivity index (χ1v) is 5.63. The molecule has 17 heavy (non-hydrogen) atoms. The predicted molar refractivity (Wildman–Crippen MR) is 67.1 cm³/mol. The van der Waals surface area contributed by atoms with Crippen LogP contribution in [-0.4, -0.2) is 19.5 Å². The number of nitrogens with two attached hydrogens (primary N) is 1. The van der Waals surface area contributed by atoms with Crippen LogP contribution in [0.5, 0.6) is 0 Å². The van der Waals surface area contributed by atoms with E-state index in [0.29, 0.717) is 5.82 Å². The lowest BCUT2D eigenvalue weighted by molar-refractivity contribution is 0.812. The molecule has 0 aliphatic rings. The number of aryl methyl sites for hydroxylation is 1. The first-order valence-electron chi connectivity index (χ1n) is 5.63. The zero-order chi connectivity index (χ0) is 12.6. The number of aromatic nitrogens is 4. The normalized spacial score (nSPS) is 11.1. The SMILES string of the molecule is Cc1ncn(-c2ncnc(N)c2C(C)C)c1C. The lowest BCUT2D eigenvalue weighted by Gasteiger charge is -2.14. The fourth-order valence-corrected chi connectivity index (χ4v) is 1.86. The highest BCUT2D eigenvalue weighted by Crippen LogP contribution is 2.26. The first kappa shape index (κ1) is 11.6. The van der Waals surface area contributed by atoms with Crippen LogP contribution < -0.4 is 5.73 Å². The minimum Gasteiger partial charge on any atom is -0.383 e. The third kappa shape index (κ3) is 1.88. The van der Waals surface area contributed by atoms with Crippen molar-refractivity contribution in [3.8, 4) is 5.82 Å². The molecule has 0 amide bonds. The molecule has 2 heterocycles. The van der Waals surface area contributed by atoms with E-state index < -0.39 is 0 Å². The lowest BCUT2D eigenvalue weighted by Crippen LogP contribution is -2.09. The average molecular weight is 231 g/mol. The minimum atomic E-state index is 0.272. The zero-order valence-electron chi connectivity index (χ0n) is 10.6. The Kier molecular flexibility index (Phi) is 2.83. The largest absolute Gasteiger partial charge is 0.383 e. The molecular formula is C12H17N5. The summed E-state index contributed by atoms with van der Waals surface area (Å²) in [5, 5.41) is 0. The van der Waals surface area contributed by atoms with E-state index >= 15 is 0 Å². The third-order valence-corrected chi connectivity index (χ3v) is 2.95. The van der Waals surface area contributed by atoms with Crippen LogP contribution in [0, 0.1) is 13.8 Å². The third-order valence-electron chi connectivity index (χ3n) is 2.95. The molecule has 0 saturated carbocycles.